The van der Waals surface area contributed by atoms with Gasteiger partial charge >= 0.3 is 11.9 Å². The van der Waals surface area contributed by atoms with Crippen LogP contribution in [-0.4, -0.2) is 70.2 Å². The van der Waals surface area contributed by atoms with Crippen LogP contribution in [0.3, 0.4) is 0 Å². The number of hydrogen-bond donors (Lipinski definition) is 1. The maximum atomic E-state index is 14.2. The van der Waals surface area contributed by atoms with Gasteiger partial charge in [-0.3, -0.25) is 28.9 Å². The second kappa shape index (κ2) is 13.2. The van der Waals surface area contributed by atoms with Crippen molar-refractivity contribution in [1.82, 2.24) is 19.7 Å². The molecule has 2 amide bonds. The zero-order chi connectivity index (χ0) is 34.2. The van der Waals surface area contributed by atoms with E-state index in [1.54, 1.807) is 29.2 Å². The number of pyridine rings is 1. The molecule has 0 radical (unpaired) electrons. The third-order valence-electron chi connectivity index (χ3n) is 8.96. The summed E-state index contributed by atoms with van der Waals surface area (Å²) in [6.07, 6.45) is 2.88. The normalized spacial score (nSPS) is 18.5. The van der Waals surface area contributed by atoms with Crippen molar-refractivity contribution in [2.24, 2.45) is 5.41 Å². The van der Waals surface area contributed by atoms with Crippen LogP contribution < -0.4 is 15.5 Å². The number of carbonyl (C=O) groups excluding carboxylic acids is 4. The zero-order valence-corrected chi connectivity index (χ0v) is 26.4. The van der Waals surface area contributed by atoms with E-state index in [0.29, 0.717) is 12.6 Å². The van der Waals surface area contributed by atoms with Crippen molar-refractivity contribution in [3.8, 4) is 5.75 Å². The highest BCUT2D eigenvalue weighted by Gasteiger charge is 2.48. The van der Waals surface area contributed by atoms with Gasteiger partial charge in [0.1, 0.15) is 30.0 Å². The molecule has 14 heteroatoms. The van der Waals surface area contributed by atoms with Crippen molar-refractivity contribution in [3.63, 3.8) is 0 Å². The Balaban J connectivity index is 1.22. The topological polar surface area (TPSA) is 136 Å². The summed E-state index contributed by atoms with van der Waals surface area (Å²) < 4.78 is 45.2. The number of rotatable bonds is 10. The van der Waals surface area contributed by atoms with Gasteiger partial charge < -0.3 is 29.0 Å². The Kier molecular flexibility index (Phi) is 9.01. The van der Waals surface area contributed by atoms with Gasteiger partial charge in [-0.05, 0) is 38.3 Å². The Morgan fingerprint density at radius 1 is 1.00 bits per heavy atom. The fourth-order valence-corrected chi connectivity index (χ4v) is 6.25. The second-order valence-electron chi connectivity index (χ2n) is 12.5. The van der Waals surface area contributed by atoms with Crippen LogP contribution in [0.2, 0.25) is 0 Å². The SMILES string of the molecule is CC(C)(C(=O)OCOc1c2n(cc(C(=O)NCc3ccc(F)cc3F)c1=O)C[C@@H]1N(C[C@H]3CCCN31)C2=O)C(=O)OCc1ccccc1. The first-order valence-electron chi connectivity index (χ1n) is 15.5. The Labute approximate surface area is 274 Å². The van der Waals surface area contributed by atoms with Crippen molar-refractivity contribution in [2.75, 3.05) is 19.9 Å². The van der Waals surface area contributed by atoms with Crippen molar-refractivity contribution < 1.29 is 42.2 Å². The highest BCUT2D eigenvalue weighted by molar-refractivity contribution is 6.00. The average molecular weight is 665 g/mol. The van der Waals surface area contributed by atoms with Crippen LogP contribution >= 0.6 is 0 Å². The summed E-state index contributed by atoms with van der Waals surface area (Å²) in [5.74, 6) is -5.38. The third-order valence-corrected chi connectivity index (χ3v) is 8.96. The maximum Gasteiger partial charge on any atom is 0.325 e. The van der Waals surface area contributed by atoms with Crippen LogP contribution in [0.5, 0.6) is 5.75 Å². The van der Waals surface area contributed by atoms with Gasteiger partial charge in [-0.25, -0.2) is 8.78 Å². The number of esters is 2. The van der Waals surface area contributed by atoms with E-state index in [1.807, 2.05) is 6.07 Å². The van der Waals surface area contributed by atoms with Crippen molar-refractivity contribution >= 4 is 23.8 Å². The van der Waals surface area contributed by atoms with Crippen molar-refractivity contribution in [3.05, 3.63) is 99.0 Å². The standard InChI is InChI=1S/C34H34F2N4O8/c1-34(2,32(44)46-18-20-7-4-3-5-8-20)33(45)48-19-47-29-27-31(43)40-15-23-9-6-12-39(23)26(40)17-38(27)16-24(28(29)41)30(42)37-14-21-10-11-22(35)13-25(21)36/h3-5,7-8,10-11,13,16,23,26H,6,9,12,14-15,17-19H2,1-2H3,(H,37,42)/t23-,26+/m1/s1. The average Bonchev–Trinajstić information content (AvgIpc) is 3.67. The predicted octanol–water partition coefficient (Wildman–Crippen LogP) is 2.97. The summed E-state index contributed by atoms with van der Waals surface area (Å²) in [5.41, 5.74) is -2.49. The number of aromatic nitrogens is 1. The number of nitrogens with zero attached hydrogens (tertiary/aromatic N) is 3. The van der Waals surface area contributed by atoms with Crippen LogP contribution in [0.15, 0.2) is 59.5 Å². The van der Waals surface area contributed by atoms with Gasteiger partial charge in [0.15, 0.2) is 11.1 Å². The number of nitrogens with one attached hydrogen (secondary N) is 1. The lowest BCUT2D eigenvalue weighted by Crippen LogP contribution is -2.51. The van der Waals surface area contributed by atoms with E-state index >= 15 is 0 Å². The molecule has 2 saturated heterocycles. The van der Waals surface area contributed by atoms with E-state index in [0.717, 1.165) is 31.0 Å². The van der Waals surface area contributed by atoms with E-state index in [9.17, 15) is 32.8 Å². The van der Waals surface area contributed by atoms with Gasteiger partial charge in [0.05, 0.1) is 6.54 Å². The van der Waals surface area contributed by atoms with Crippen LogP contribution in [0, 0.1) is 17.0 Å². The lowest BCUT2D eigenvalue weighted by atomic mass is 9.94. The second-order valence-corrected chi connectivity index (χ2v) is 12.5. The zero-order valence-electron chi connectivity index (χ0n) is 26.4. The molecule has 0 spiro atoms. The van der Waals surface area contributed by atoms with E-state index in [4.69, 9.17) is 14.2 Å². The summed E-state index contributed by atoms with van der Waals surface area (Å²) in [4.78, 5) is 70.4. The van der Waals surface area contributed by atoms with Gasteiger partial charge in [-0.1, -0.05) is 36.4 Å². The minimum absolute atomic E-state index is 0.00652. The summed E-state index contributed by atoms with van der Waals surface area (Å²) in [6.45, 7) is 2.88. The smallest absolute Gasteiger partial charge is 0.325 e. The highest BCUT2D eigenvalue weighted by atomic mass is 19.1. The summed E-state index contributed by atoms with van der Waals surface area (Å²) in [6, 6.07) is 12.0. The van der Waals surface area contributed by atoms with Gasteiger partial charge in [0.2, 0.25) is 18.0 Å². The Hall–Kier alpha value is -5.11. The van der Waals surface area contributed by atoms with Crippen molar-refractivity contribution in [2.45, 2.75) is 58.6 Å². The summed E-state index contributed by atoms with van der Waals surface area (Å²) in [7, 11) is 0. The molecule has 3 aliphatic rings. The molecule has 0 saturated carbocycles. The molecule has 0 aliphatic carbocycles. The monoisotopic (exact) mass is 664 g/mol. The van der Waals surface area contributed by atoms with E-state index in [1.165, 1.54) is 30.7 Å². The van der Waals surface area contributed by atoms with Gasteiger partial charge in [-0.15, -0.1) is 0 Å². The first-order valence-corrected chi connectivity index (χ1v) is 15.5. The first kappa shape index (κ1) is 32.8. The van der Waals surface area contributed by atoms with Crippen LogP contribution in [-0.2, 0) is 38.8 Å². The molecule has 12 nitrogen and oxygen atoms in total. The summed E-state index contributed by atoms with van der Waals surface area (Å²) in [5, 5.41) is 2.46. The first-order chi connectivity index (χ1) is 23.0. The summed E-state index contributed by atoms with van der Waals surface area (Å²) >= 11 is 0. The van der Waals surface area contributed by atoms with Gasteiger partial charge in [0, 0.05) is 43.5 Å². The lowest BCUT2D eigenvalue weighted by Gasteiger charge is -2.36. The fourth-order valence-electron chi connectivity index (χ4n) is 6.25. The molecule has 2 aromatic carbocycles. The maximum absolute atomic E-state index is 14.2. The molecule has 48 heavy (non-hydrogen) atoms. The molecule has 0 bridgehead atoms. The Morgan fingerprint density at radius 3 is 2.50 bits per heavy atom. The Bertz CT molecular complexity index is 1830. The number of ether oxygens (including phenoxy) is 3. The quantitative estimate of drug-likeness (QED) is 0.197. The number of benzene rings is 2. The molecule has 1 N–H and O–H groups in total. The molecular formula is C34H34F2N4O8. The molecule has 4 heterocycles. The molecule has 2 atom stereocenters. The number of hydrogen-bond acceptors (Lipinski definition) is 9. The number of carbonyl (C=O) groups is 4. The third kappa shape index (κ3) is 6.27. The van der Waals surface area contributed by atoms with E-state index in [-0.39, 0.29) is 43.2 Å². The fraction of sp³-hybridized carbons (Fsp3) is 0.382. The molecular weight excluding hydrogens is 630 g/mol. The molecule has 1 aromatic heterocycles. The molecule has 3 aliphatic heterocycles. The molecule has 2 fully saturated rings. The highest BCUT2D eigenvalue weighted by Crippen LogP contribution is 2.35. The van der Waals surface area contributed by atoms with Crippen LogP contribution in [0.4, 0.5) is 8.78 Å². The Morgan fingerprint density at radius 2 is 1.75 bits per heavy atom. The number of halogens is 2. The molecule has 252 valence electrons. The number of amides is 2. The minimum atomic E-state index is -1.74. The molecule has 0 unspecified atom stereocenters. The molecule has 6 rings (SSSR count). The van der Waals surface area contributed by atoms with E-state index in [2.05, 4.69) is 10.2 Å². The van der Waals surface area contributed by atoms with Gasteiger partial charge in [0.25, 0.3) is 11.8 Å². The van der Waals surface area contributed by atoms with E-state index < -0.39 is 64.3 Å². The molecule has 3 aromatic rings. The van der Waals surface area contributed by atoms with Crippen LogP contribution in [0.25, 0.3) is 0 Å². The number of fused-ring (bicyclic) bond motifs is 4. The van der Waals surface area contributed by atoms with Gasteiger partial charge in [-0.2, -0.15) is 0 Å². The van der Waals surface area contributed by atoms with Crippen molar-refractivity contribution in [1.29, 1.82) is 0 Å². The largest absolute Gasteiger partial charge is 0.460 e. The van der Waals surface area contributed by atoms with Crippen LogP contribution in [0.1, 0.15) is 58.7 Å². The minimum Gasteiger partial charge on any atom is -0.460 e. The lowest BCUT2D eigenvalue weighted by molar-refractivity contribution is -0.174. The predicted molar refractivity (Wildman–Crippen MR) is 164 cm³/mol.